The first-order chi connectivity index (χ1) is 8.45. The number of aromatic amines is 1. The lowest BCUT2D eigenvalue weighted by atomic mass is 10.3. The average molecular weight is 269 g/mol. The maximum Gasteiger partial charge on any atom is 0.329 e. The van der Waals surface area contributed by atoms with Gasteiger partial charge in [-0.2, -0.15) is 4.98 Å². The molecule has 0 unspecified atom stereocenters. The molecule has 0 saturated carbocycles. The number of H-pyrrole nitrogens is 1. The second-order valence-corrected chi connectivity index (χ2v) is 4.43. The molecule has 0 aliphatic heterocycles. The summed E-state index contributed by atoms with van der Waals surface area (Å²) in [5.41, 5.74) is 0.665. The van der Waals surface area contributed by atoms with Crippen LogP contribution in [0.15, 0.2) is 21.2 Å². The zero-order valence-electron chi connectivity index (χ0n) is 10.3. The Morgan fingerprint density at radius 2 is 2.17 bits per heavy atom. The van der Waals surface area contributed by atoms with Gasteiger partial charge in [0.2, 0.25) is 5.28 Å². The second kappa shape index (κ2) is 4.45. The fourth-order valence-corrected chi connectivity index (χ4v) is 1.92. The van der Waals surface area contributed by atoms with Gasteiger partial charge in [-0.1, -0.05) is 11.6 Å². The van der Waals surface area contributed by atoms with Crippen LogP contribution in [0, 0.1) is 0 Å². The minimum atomic E-state index is -0.503. The van der Waals surface area contributed by atoms with Crippen molar-refractivity contribution in [3.8, 4) is 0 Å². The molecule has 2 heterocycles. The van der Waals surface area contributed by atoms with E-state index < -0.39 is 11.2 Å². The summed E-state index contributed by atoms with van der Waals surface area (Å²) in [6.45, 7) is 4.30. The van der Waals surface area contributed by atoms with Gasteiger partial charge < -0.3 is 4.57 Å². The van der Waals surface area contributed by atoms with Crippen LogP contribution in [0.3, 0.4) is 0 Å². The Kier molecular flexibility index (Phi) is 3.13. The normalized spacial score (nSPS) is 12.3. The maximum atomic E-state index is 11.8. The van der Waals surface area contributed by atoms with Crippen LogP contribution < -0.4 is 11.2 Å². The van der Waals surface area contributed by atoms with Crippen molar-refractivity contribution in [1.29, 1.82) is 0 Å². The van der Waals surface area contributed by atoms with Crippen LogP contribution in [-0.2, 0) is 13.6 Å². The van der Waals surface area contributed by atoms with Crippen molar-refractivity contribution in [3.05, 3.63) is 37.8 Å². The number of aryl methyl sites for hydroxylation is 1. The van der Waals surface area contributed by atoms with Gasteiger partial charge in [-0.3, -0.25) is 14.3 Å². The summed E-state index contributed by atoms with van der Waals surface area (Å²) in [5.74, 6) is 0. The Bertz CT molecular complexity index is 751. The van der Waals surface area contributed by atoms with E-state index >= 15 is 0 Å². The molecule has 0 fully saturated rings. The molecule has 18 heavy (non-hydrogen) atoms. The van der Waals surface area contributed by atoms with E-state index in [4.69, 9.17) is 11.6 Å². The molecule has 0 aliphatic carbocycles. The van der Waals surface area contributed by atoms with Gasteiger partial charge in [0.1, 0.15) is 0 Å². The number of aromatic nitrogens is 4. The first-order valence-electron chi connectivity index (χ1n) is 5.42. The summed E-state index contributed by atoms with van der Waals surface area (Å²) >= 11 is 6.02. The summed E-state index contributed by atoms with van der Waals surface area (Å²) in [5, 5.41) is 0.193. The molecule has 2 rings (SSSR count). The first-order valence-corrected chi connectivity index (χ1v) is 5.80. The molecule has 0 aromatic carbocycles. The summed E-state index contributed by atoms with van der Waals surface area (Å²) < 4.78 is 2.86. The summed E-state index contributed by atoms with van der Waals surface area (Å²) in [6, 6.07) is 0. The predicted octanol–water partition coefficient (Wildman–Crippen LogP) is 1.04. The Morgan fingerprint density at radius 1 is 1.50 bits per heavy atom. The second-order valence-electron chi connectivity index (χ2n) is 4.09. The smallest absolute Gasteiger partial charge is 0.305 e. The molecule has 0 bridgehead atoms. The summed E-state index contributed by atoms with van der Waals surface area (Å²) in [4.78, 5) is 29.6. The number of imidazole rings is 1. The third-order valence-electron chi connectivity index (χ3n) is 2.86. The Balaban J connectivity index is 2.84. The molecule has 0 spiro atoms. The monoisotopic (exact) mass is 268 g/mol. The number of rotatable bonds is 2. The standard InChI is InChI=1S/C11H13ClN4O2/c1-4-6(2)5-16-7-8(13-10(16)12)15(3)11(18)14-9(7)17/h4H,5H2,1-3H3,(H,14,17,18)/b6-4-. The van der Waals surface area contributed by atoms with E-state index in [0.29, 0.717) is 12.1 Å². The van der Waals surface area contributed by atoms with Crippen molar-refractivity contribution in [2.24, 2.45) is 7.05 Å². The average Bonchev–Trinajstić information content (AvgIpc) is 2.64. The number of nitrogens with one attached hydrogen (secondary N) is 1. The number of halogens is 1. The third-order valence-corrected chi connectivity index (χ3v) is 3.15. The summed E-state index contributed by atoms with van der Waals surface area (Å²) in [7, 11) is 1.54. The highest BCUT2D eigenvalue weighted by molar-refractivity contribution is 6.29. The van der Waals surface area contributed by atoms with Crippen LogP contribution in [0.25, 0.3) is 11.2 Å². The van der Waals surface area contributed by atoms with E-state index in [0.717, 1.165) is 5.57 Å². The number of hydrogen-bond donors (Lipinski definition) is 1. The quantitative estimate of drug-likeness (QED) is 0.653. The molecule has 0 aliphatic rings. The molecule has 2 aromatic heterocycles. The van der Waals surface area contributed by atoms with Crippen LogP contribution in [0.1, 0.15) is 13.8 Å². The largest absolute Gasteiger partial charge is 0.329 e. The minimum absolute atomic E-state index is 0.193. The lowest BCUT2D eigenvalue weighted by molar-refractivity contribution is 0.794. The van der Waals surface area contributed by atoms with Crippen molar-refractivity contribution in [2.45, 2.75) is 20.4 Å². The van der Waals surface area contributed by atoms with Gasteiger partial charge in [0.25, 0.3) is 5.56 Å². The van der Waals surface area contributed by atoms with Gasteiger partial charge in [0, 0.05) is 13.6 Å². The van der Waals surface area contributed by atoms with Gasteiger partial charge in [-0.15, -0.1) is 0 Å². The molecule has 7 heteroatoms. The van der Waals surface area contributed by atoms with Crippen molar-refractivity contribution >= 4 is 22.8 Å². The van der Waals surface area contributed by atoms with Crippen molar-refractivity contribution in [2.75, 3.05) is 0 Å². The molecule has 2 aromatic rings. The third kappa shape index (κ3) is 1.88. The molecule has 0 amide bonds. The van der Waals surface area contributed by atoms with Gasteiger partial charge in [-0.25, -0.2) is 4.79 Å². The maximum absolute atomic E-state index is 11.8. The number of fused-ring (bicyclic) bond motifs is 1. The van der Waals surface area contributed by atoms with E-state index in [1.807, 2.05) is 19.9 Å². The van der Waals surface area contributed by atoms with Crippen LogP contribution >= 0.6 is 11.6 Å². The van der Waals surface area contributed by atoms with Crippen LogP contribution in [0.5, 0.6) is 0 Å². The fraction of sp³-hybridized carbons (Fsp3) is 0.364. The van der Waals surface area contributed by atoms with E-state index in [-0.39, 0.29) is 10.9 Å². The fourth-order valence-electron chi connectivity index (χ4n) is 1.69. The van der Waals surface area contributed by atoms with E-state index in [1.165, 1.54) is 11.6 Å². The van der Waals surface area contributed by atoms with E-state index in [9.17, 15) is 9.59 Å². The lowest BCUT2D eigenvalue weighted by Gasteiger charge is -2.05. The van der Waals surface area contributed by atoms with Crippen LogP contribution in [-0.4, -0.2) is 19.1 Å². The lowest BCUT2D eigenvalue weighted by Crippen LogP contribution is -2.29. The Labute approximate surface area is 108 Å². The van der Waals surface area contributed by atoms with Gasteiger partial charge in [-0.05, 0) is 25.4 Å². The van der Waals surface area contributed by atoms with Crippen molar-refractivity contribution in [1.82, 2.24) is 19.1 Å². The predicted molar refractivity (Wildman–Crippen MR) is 70.0 cm³/mol. The Hall–Kier alpha value is -1.82. The number of nitrogens with zero attached hydrogens (tertiary/aromatic N) is 3. The molecule has 0 radical (unpaired) electrons. The number of allylic oxidation sites excluding steroid dienone is 2. The van der Waals surface area contributed by atoms with Gasteiger partial charge in [0.05, 0.1) is 0 Å². The van der Waals surface area contributed by atoms with E-state index in [1.54, 1.807) is 4.57 Å². The molecular weight excluding hydrogens is 256 g/mol. The van der Waals surface area contributed by atoms with Crippen molar-refractivity contribution < 1.29 is 0 Å². The molecule has 96 valence electrons. The van der Waals surface area contributed by atoms with Gasteiger partial charge >= 0.3 is 5.69 Å². The SMILES string of the molecule is C/C=C(/C)Cn1c(Cl)nc2c1c(=O)[nH]c(=O)n2C. The van der Waals surface area contributed by atoms with Crippen LogP contribution in [0.4, 0.5) is 0 Å². The highest BCUT2D eigenvalue weighted by atomic mass is 35.5. The zero-order valence-corrected chi connectivity index (χ0v) is 11.1. The zero-order chi connectivity index (χ0) is 13.4. The van der Waals surface area contributed by atoms with Gasteiger partial charge in [0.15, 0.2) is 11.2 Å². The molecule has 0 atom stereocenters. The molecule has 0 saturated heterocycles. The number of hydrogen-bond acceptors (Lipinski definition) is 3. The molecule has 6 nitrogen and oxygen atoms in total. The van der Waals surface area contributed by atoms with Crippen molar-refractivity contribution in [3.63, 3.8) is 0 Å². The topological polar surface area (TPSA) is 72.7 Å². The summed E-state index contributed by atoms with van der Waals surface area (Å²) in [6.07, 6.45) is 1.93. The first kappa shape index (κ1) is 12.6. The highest BCUT2D eigenvalue weighted by Gasteiger charge is 2.15. The minimum Gasteiger partial charge on any atom is -0.305 e. The van der Waals surface area contributed by atoms with E-state index in [2.05, 4.69) is 9.97 Å². The highest BCUT2D eigenvalue weighted by Crippen LogP contribution is 2.16. The Morgan fingerprint density at radius 3 is 2.78 bits per heavy atom. The molecular formula is C11H13ClN4O2. The molecule has 1 N–H and O–H groups in total. The van der Waals surface area contributed by atoms with Crippen LogP contribution in [0.2, 0.25) is 5.28 Å².